The summed E-state index contributed by atoms with van der Waals surface area (Å²) in [6.07, 6.45) is -4.62. The number of rotatable bonds is 2. The number of hydrogen-bond acceptors (Lipinski definition) is 4. The van der Waals surface area contributed by atoms with Gasteiger partial charge < -0.3 is 9.84 Å². The summed E-state index contributed by atoms with van der Waals surface area (Å²) in [6.45, 7) is 0. The quantitative estimate of drug-likeness (QED) is 0.894. The molecule has 9 heteroatoms. The molecule has 2 rings (SSSR count). The van der Waals surface area contributed by atoms with E-state index in [1.54, 1.807) is 0 Å². The largest absolute Gasteiger partial charge is 0.503 e. The summed E-state index contributed by atoms with van der Waals surface area (Å²) >= 11 is 11.1. The minimum Gasteiger partial charge on any atom is -0.503 e. The minimum atomic E-state index is -4.62. The summed E-state index contributed by atoms with van der Waals surface area (Å²) in [5, 5.41) is 15.6. The second kappa shape index (κ2) is 5.34. The smallest absolute Gasteiger partial charge is 0.417 e. The van der Waals surface area contributed by atoms with Gasteiger partial charge in [0.15, 0.2) is 10.9 Å². The summed E-state index contributed by atoms with van der Waals surface area (Å²) in [5.41, 5.74) is -1.06. The summed E-state index contributed by atoms with van der Waals surface area (Å²) in [5.74, 6) is -1.19. The molecule has 0 atom stereocenters. The van der Waals surface area contributed by atoms with E-state index in [1.165, 1.54) is 6.07 Å². The molecular weight excluding hydrogens is 320 g/mol. The lowest BCUT2D eigenvalue weighted by molar-refractivity contribution is -0.137. The number of hydrogen-bond donors (Lipinski definition) is 1. The van der Waals surface area contributed by atoms with Gasteiger partial charge in [0.25, 0.3) is 5.88 Å². The molecular formula is C11H5Cl2F3N2O2. The first-order valence-electron chi connectivity index (χ1n) is 5.05. The van der Waals surface area contributed by atoms with E-state index in [-0.39, 0.29) is 10.9 Å². The number of halogens is 5. The van der Waals surface area contributed by atoms with Crippen LogP contribution in [0.25, 0.3) is 0 Å². The Morgan fingerprint density at radius 3 is 2.45 bits per heavy atom. The lowest BCUT2D eigenvalue weighted by atomic mass is 10.2. The Hall–Kier alpha value is -1.73. The van der Waals surface area contributed by atoms with Gasteiger partial charge in [-0.25, -0.2) is 0 Å². The highest BCUT2D eigenvalue weighted by molar-refractivity contribution is 6.33. The van der Waals surface area contributed by atoms with Crippen LogP contribution in [0, 0.1) is 0 Å². The third-order valence-electron chi connectivity index (χ3n) is 2.19. The molecule has 1 aromatic carbocycles. The van der Waals surface area contributed by atoms with Crippen molar-refractivity contribution >= 4 is 23.2 Å². The second-order valence-electron chi connectivity index (χ2n) is 3.57. The second-order valence-corrected chi connectivity index (χ2v) is 4.34. The van der Waals surface area contributed by atoms with Gasteiger partial charge in [0, 0.05) is 6.07 Å². The van der Waals surface area contributed by atoms with Crippen LogP contribution in [0.2, 0.25) is 10.2 Å². The van der Waals surface area contributed by atoms with Crippen molar-refractivity contribution in [2.45, 2.75) is 6.18 Å². The molecule has 4 nitrogen and oxygen atoms in total. The van der Waals surface area contributed by atoms with Crippen LogP contribution in [-0.4, -0.2) is 15.3 Å². The molecule has 0 aliphatic rings. The average molecular weight is 325 g/mol. The molecule has 0 fully saturated rings. The average Bonchev–Trinajstić information content (AvgIpc) is 2.33. The van der Waals surface area contributed by atoms with E-state index in [9.17, 15) is 18.3 Å². The Bertz CT molecular complexity index is 650. The van der Waals surface area contributed by atoms with Crippen molar-refractivity contribution in [2.75, 3.05) is 0 Å². The molecule has 0 aliphatic heterocycles. The highest BCUT2D eigenvalue weighted by Crippen LogP contribution is 2.41. The Morgan fingerprint density at radius 2 is 1.85 bits per heavy atom. The van der Waals surface area contributed by atoms with Crippen molar-refractivity contribution in [3.63, 3.8) is 0 Å². The molecule has 1 N–H and O–H groups in total. The van der Waals surface area contributed by atoms with Gasteiger partial charge in [0.05, 0.1) is 10.6 Å². The van der Waals surface area contributed by atoms with E-state index in [2.05, 4.69) is 10.2 Å². The molecule has 0 radical (unpaired) electrons. The molecule has 2 aromatic rings. The zero-order chi connectivity index (χ0) is 14.9. The van der Waals surface area contributed by atoms with Crippen LogP contribution in [0.4, 0.5) is 13.2 Å². The van der Waals surface area contributed by atoms with Crippen LogP contribution >= 0.6 is 23.2 Å². The van der Waals surface area contributed by atoms with Crippen LogP contribution in [0.15, 0.2) is 24.3 Å². The molecule has 0 spiro atoms. The lowest BCUT2D eigenvalue weighted by Crippen LogP contribution is -2.06. The van der Waals surface area contributed by atoms with Gasteiger partial charge in [-0.1, -0.05) is 29.3 Å². The van der Waals surface area contributed by atoms with Crippen molar-refractivity contribution in [3.05, 3.63) is 40.0 Å². The van der Waals surface area contributed by atoms with Crippen molar-refractivity contribution in [3.8, 4) is 17.4 Å². The van der Waals surface area contributed by atoms with Gasteiger partial charge >= 0.3 is 6.18 Å². The van der Waals surface area contributed by atoms with Gasteiger partial charge in [-0.2, -0.15) is 13.2 Å². The fourth-order valence-corrected chi connectivity index (χ4v) is 1.75. The maximum Gasteiger partial charge on any atom is 0.417 e. The first-order valence-corrected chi connectivity index (χ1v) is 5.80. The van der Waals surface area contributed by atoms with Gasteiger partial charge in [0.1, 0.15) is 5.75 Å². The topological polar surface area (TPSA) is 55.2 Å². The number of aromatic hydroxyl groups is 1. The third kappa shape index (κ3) is 3.05. The Labute approximate surface area is 120 Å². The van der Waals surface area contributed by atoms with Gasteiger partial charge in [-0.3, -0.25) is 0 Å². The van der Waals surface area contributed by atoms with Crippen LogP contribution in [-0.2, 0) is 6.18 Å². The molecule has 0 aliphatic carbocycles. The Balaban J connectivity index is 2.40. The van der Waals surface area contributed by atoms with E-state index < -0.39 is 28.4 Å². The first-order chi connectivity index (χ1) is 9.29. The number of nitrogens with zero attached hydrogens (tertiary/aromatic N) is 2. The number of benzene rings is 1. The zero-order valence-electron chi connectivity index (χ0n) is 9.45. The molecule has 0 amide bonds. The monoisotopic (exact) mass is 324 g/mol. The van der Waals surface area contributed by atoms with Gasteiger partial charge in [-0.05, 0) is 12.1 Å². The number of alkyl halides is 3. The summed E-state index contributed by atoms with van der Waals surface area (Å²) in [6, 6.07) is 4.16. The molecule has 106 valence electrons. The normalized spacial score (nSPS) is 11.4. The van der Waals surface area contributed by atoms with Gasteiger partial charge in [-0.15, -0.1) is 10.2 Å². The van der Waals surface area contributed by atoms with E-state index in [4.69, 9.17) is 27.9 Å². The van der Waals surface area contributed by atoms with Crippen LogP contribution in [0.3, 0.4) is 0 Å². The third-order valence-corrected chi connectivity index (χ3v) is 2.76. The molecule has 0 bridgehead atoms. The summed E-state index contributed by atoms with van der Waals surface area (Å²) < 4.78 is 43.0. The number of ether oxygens (including phenoxy) is 1. The maximum absolute atomic E-state index is 12.7. The highest BCUT2D eigenvalue weighted by atomic mass is 35.5. The predicted molar refractivity (Wildman–Crippen MR) is 65.2 cm³/mol. The molecule has 0 saturated heterocycles. The molecule has 1 aromatic heterocycles. The highest BCUT2D eigenvalue weighted by Gasteiger charge is 2.34. The zero-order valence-corrected chi connectivity index (χ0v) is 11.0. The van der Waals surface area contributed by atoms with Crippen molar-refractivity contribution in [1.82, 2.24) is 10.2 Å². The fourth-order valence-electron chi connectivity index (χ4n) is 1.33. The molecule has 0 unspecified atom stereocenters. The molecule has 1 heterocycles. The van der Waals surface area contributed by atoms with Crippen molar-refractivity contribution in [1.29, 1.82) is 0 Å². The molecule has 20 heavy (non-hydrogen) atoms. The fraction of sp³-hybridized carbons (Fsp3) is 0.0909. The molecule has 0 saturated carbocycles. The van der Waals surface area contributed by atoms with Crippen LogP contribution in [0.5, 0.6) is 17.4 Å². The van der Waals surface area contributed by atoms with E-state index in [0.717, 1.165) is 18.2 Å². The first kappa shape index (κ1) is 14.7. The van der Waals surface area contributed by atoms with Crippen molar-refractivity contribution in [2.24, 2.45) is 0 Å². The van der Waals surface area contributed by atoms with Crippen molar-refractivity contribution < 1.29 is 23.0 Å². The van der Waals surface area contributed by atoms with E-state index >= 15 is 0 Å². The van der Waals surface area contributed by atoms with Crippen LogP contribution in [0.1, 0.15) is 5.56 Å². The predicted octanol–water partition coefficient (Wildman–Crippen LogP) is 4.30. The van der Waals surface area contributed by atoms with Gasteiger partial charge in [0.2, 0.25) is 0 Å². The standard InChI is InChI=1S/C11H5Cl2F3N2O2/c12-8-4-6(19)10(18-17-8)20-7-3-1-2-5(9(7)13)11(14,15)16/h1-4H,(H,17,19). The lowest BCUT2D eigenvalue weighted by Gasteiger charge is -2.12. The maximum atomic E-state index is 12.7. The minimum absolute atomic E-state index is 0.0926. The number of aromatic nitrogens is 2. The van der Waals surface area contributed by atoms with E-state index in [1.807, 2.05) is 0 Å². The summed E-state index contributed by atoms with van der Waals surface area (Å²) in [4.78, 5) is 0. The van der Waals surface area contributed by atoms with E-state index in [0.29, 0.717) is 0 Å². The Kier molecular flexibility index (Phi) is 3.92. The van der Waals surface area contributed by atoms with Crippen LogP contribution < -0.4 is 4.74 Å². The summed E-state index contributed by atoms with van der Waals surface area (Å²) in [7, 11) is 0. The SMILES string of the molecule is Oc1cc(Cl)nnc1Oc1cccc(C(F)(F)F)c1Cl. The Morgan fingerprint density at radius 1 is 1.15 bits per heavy atom.